The van der Waals surface area contributed by atoms with Gasteiger partial charge in [0.25, 0.3) is 0 Å². The molecular formula is C21H26N2O5S. The zero-order valence-electron chi connectivity index (χ0n) is 16.2. The van der Waals surface area contributed by atoms with Gasteiger partial charge in [0.2, 0.25) is 16.8 Å². The maximum Gasteiger partial charge on any atom is 0.231 e. The molecule has 0 saturated carbocycles. The van der Waals surface area contributed by atoms with Gasteiger partial charge >= 0.3 is 0 Å². The molecule has 29 heavy (non-hydrogen) atoms. The Bertz CT molecular complexity index is 914. The number of ether oxygens (including phenoxy) is 3. The Hall–Kier alpha value is -2.13. The maximum atomic E-state index is 12.6. The summed E-state index contributed by atoms with van der Waals surface area (Å²) in [5, 5.41) is 0. The highest BCUT2D eigenvalue weighted by molar-refractivity contribution is 7.89. The van der Waals surface area contributed by atoms with E-state index < -0.39 is 10.0 Å². The van der Waals surface area contributed by atoms with Crippen molar-refractivity contribution < 1.29 is 22.6 Å². The third-order valence-corrected chi connectivity index (χ3v) is 6.61. The molecule has 2 aromatic carbocycles. The molecule has 1 atom stereocenters. The molecule has 2 aromatic rings. The Morgan fingerprint density at radius 2 is 1.76 bits per heavy atom. The molecular weight excluding hydrogens is 392 g/mol. The number of nitrogens with one attached hydrogen (secondary N) is 1. The zero-order valence-corrected chi connectivity index (χ0v) is 17.1. The lowest BCUT2D eigenvalue weighted by molar-refractivity contribution is 0.0171. The van der Waals surface area contributed by atoms with E-state index in [1.165, 1.54) is 0 Å². The Kier molecular flexibility index (Phi) is 6.34. The number of morpholine rings is 1. The van der Waals surface area contributed by atoms with Crippen molar-refractivity contribution in [2.75, 3.05) is 45.4 Å². The van der Waals surface area contributed by atoms with Crippen molar-refractivity contribution in [1.29, 1.82) is 0 Å². The lowest BCUT2D eigenvalue weighted by Crippen LogP contribution is -2.44. The second-order valence-electron chi connectivity index (χ2n) is 7.18. The van der Waals surface area contributed by atoms with E-state index >= 15 is 0 Å². The predicted octanol–water partition coefficient (Wildman–Crippen LogP) is 1.95. The van der Waals surface area contributed by atoms with Gasteiger partial charge in [-0.1, -0.05) is 36.4 Å². The lowest BCUT2D eigenvalue weighted by Gasteiger charge is -2.35. The van der Waals surface area contributed by atoms with Gasteiger partial charge in [-0.25, -0.2) is 13.1 Å². The molecule has 0 radical (unpaired) electrons. The maximum absolute atomic E-state index is 12.6. The molecule has 0 aliphatic carbocycles. The van der Waals surface area contributed by atoms with Crippen molar-refractivity contribution in [1.82, 2.24) is 9.62 Å². The van der Waals surface area contributed by atoms with Crippen molar-refractivity contribution in [2.45, 2.75) is 12.5 Å². The van der Waals surface area contributed by atoms with Crippen LogP contribution in [0.1, 0.15) is 17.2 Å². The summed E-state index contributed by atoms with van der Waals surface area (Å²) in [5.41, 5.74) is 2.01. The number of nitrogens with zero attached hydrogens (tertiary/aromatic N) is 1. The summed E-state index contributed by atoms with van der Waals surface area (Å²) in [7, 11) is -3.40. The average Bonchev–Trinajstić information content (AvgIpc) is 3.22. The molecule has 156 valence electrons. The Morgan fingerprint density at radius 1 is 1.00 bits per heavy atom. The van der Waals surface area contributed by atoms with E-state index in [4.69, 9.17) is 14.2 Å². The van der Waals surface area contributed by atoms with Gasteiger partial charge in [0.15, 0.2) is 11.5 Å². The van der Waals surface area contributed by atoms with Crippen LogP contribution in [0, 0.1) is 0 Å². The summed E-state index contributed by atoms with van der Waals surface area (Å²) in [5.74, 6) is 1.49. The van der Waals surface area contributed by atoms with Crippen molar-refractivity contribution in [3.63, 3.8) is 0 Å². The van der Waals surface area contributed by atoms with E-state index in [9.17, 15) is 8.42 Å². The molecule has 0 spiro atoms. The second kappa shape index (κ2) is 9.13. The van der Waals surface area contributed by atoms with Crippen LogP contribution in [0.2, 0.25) is 0 Å². The standard InChI is InChI=1S/C21H26N2O5S/c24-29(25,13-8-17-4-2-1-3-5-17)22-15-19(23-9-11-26-12-10-23)18-6-7-20-21(14-18)28-16-27-20/h1-7,14,19,22H,8-13,15-16H2/t19-/m0/s1. The molecule has 2 aliphatic heterocycles. The first kappa shape index (κ1) is 20.2. The average molecular weight is 419 g/mol. The minimum absolute atomic E-state index is 0.0635. The smallest absolute Gasteiger partial charge is 0.231 e. The van der Waals surface area contributed by atoms with Crippen LogP contribution in [-0.4, -0.2) is 58.7 Å². The summed E-state index contributed by atoms with van der Waals surface area (Å²) in [6.45, 7) is 3.31. The van der Waals surface area contributed by atoms with Gasteiger partial charge in [0.1, 0.15) is 0 Å². The number of hydrogen-bond acceptors (Lipinski definition) is 6. The number of rotatable bonds is 8. The first-order valence-electron chi connectivity index (χ1n) is 9.83. The van der Waals surface area contributed by atoms with E-state index in [1.54, 1.807) is 0 Å². The van der Waals surface area contributed by atoms with Gasteiger partial charge in [-0.15, -0.1) is 0 Å². The molecule has 7 nitrogen and oxygen atoms in total. The Labute approximate surface area is 171 Å². The van der Waals surface area contributed by atoms with E-state index in [2.05, 4.69) is 9.62 Å². The third kappa shape index (κ3) is 5.27. The van der Waals surface area contributed by atoms with Crippen molar-refractivity contribution in [3.8, 4) is 11.5 Å². The van der Waals surface area contributed by atoms with Gasteiger partial charge < -0.3 is 14.2 Å². The van der Waals surface area contributed by atoms with E-state index in [0.29, 0.717) is 31.9 Å². The van der Waals surface area contributed by atoms with Gasteiger partial charge in [0, 0.05) is 25.7 Å². The van der Waals surface area contributed by atoms with Crippen LogP contribution in [0.5, 0.6) is 11.5 Å². The van der Waals surface area contributed by atoms with Gasteiger partial charge in [0.05, 0.1) is 19.0 Å². The van der Waals surface area contributed by atoms with Gasteiger partial charge in [-0.3, -0.25) is 4.90 Å². The lowest BCUT2D eigenvalue weighted by atomic mass is 10.0. The highest BCUT2D eigenvalue weighted by Crippen LogP contribution is 2.35. The predicted molar refractivity (Wildman–Crippen MR) is 110 cm³/mol. The van der Waals surface area contributed by atoms with Crippen LogP contribution < -0.4 is 14.2 Å². The van der Waals surface area contributed by atoms with Crippen molar-refractivity contribution >= 4 is 10.0 Å². The van der Waals surface area contributed by atoms with Crippen molar-refractivity contribution in [3.05, 3.63) is 59.7 Å². The molecule has 0 amide bonds. The van der Waals surface area contributed by atoms with Crippen LogP contribution in [-0.2, 0) is 21.2 Å². The molecule has 1 fully saturated rings. The number of sulfonamides is 1. The Balaban J connectivity index is 1.45. The van der Waals surface area contributed by atoms with Crippen LogP contribution in [0.15, 0.2) is 48.5 Å². The molecule has 2 aliphatic rings. The van der Waals surface area contributed by atoms with E-state index in [1.807, 2.05) is 48.5 Å². The first-order valence-corrected chi connectivity index (χ1v) is 11.5. The molecule has 0 aromatic heterocycles. The summed E-state index contributed by atoms with van der Waals surface area (Å²) < 4.78 is 44.4. The molecule has 4 rings (SSSR count). The van der Waals surface area contributed by atoms with E-state index in [-0.39, 0.29) is 18.6 Å². The topological polar surface area (TPSA) is 77.1 Å². The van der Waals surface area contributed by atoms with Crippen molar-refractivity contribution in [2.24, 2.45) is 0 Å². The summed E-state index contributed by atoms with van der Waals surface area (Å²) in [4.78, 5) is 2.25. The van der Waals surface area contributed by atoms with Crippen LogP contribution >= 0.6 is 0 Å². The number of benzene rings is 2. The van der Waals surface area contributed by atoms with Crippen LogP contribution in [0.4, 0.5) is 0 Å². The van der Waals surface area contributed by atoms with E-state index in [0.717, 1.165) is 30.0 Å². The Morgan fingerprint density at radius 3 is 2.55 bits per heavy atom. The van der Waals surface area contributed by atoms with Crippen LogP contribution in [0.3, 0.4) is 0 Å². The summed E-state index contributed by atoms with van der Waals surface area (Å²) in [6.07, 6.45) is 0.489. The highest BCUT2D eigenvalue weighted by Gasteiger charge is 2.26. The summed E-state index contributed by atoms with van der Waals surface area (Å²) in [6, 6.07) is 15.4. The molecule has 1 N–H and O–H groups in total. The second-order valence-corrected chi connectivity index (χ2v) is 9.11. The quantitative estimate of drug-likeness (QED) is 0.706. The molecule has 8 heteroatoms. The first-order chi connectivity index (χ1) is 14.1. The molecule has 0 bridgehead atoms. The minimum atomic E-state index is -3.40. The fraction of sp³-hybridized carbons (Fsp3) is 0.429. The fourth-order valence-electron chi connectivity index (χ4n) is 3.64. The normalized spacial score (nSPS) is 17.9. The van der Waals surface area contributed by atoms with Gasteiger partial charge in [-0.2, -0.15) is 0 Å². The fourth-order valence-corrected chi connectivity index (χ4v) is 4.70. The third-order valence-electron chi connectivity index (χ3n) is 5.27. The largest absolute Gasteiger partial charge is 0.454 e. The number of hydrogen-bond donors (Lipinski definition) is 1. The number of aryl methyl sites for hydroxylation is 1. The molecule has 2 heterocycles. The zero-order chi connectivity index (χ0) is 20.1. The molecule has 0 unspecified atom stereocenters. The highest BCUT2D eigenvalue weighted by atomic mass is 32.2. The minimum Gasteiger partial charge on any atom is -0.454 e. The number of fused-ring (bicyclic) bond motifs is 1. The summed E-state index contributed by atoms with van der Waals surface area (Å²) >= 11 is 0. The molecule has 1 saturated heterocycles. The van der Waals surface area contributed by atoms with Crippen LogP contribution in [0.25, 0.3) is 0 Å². The SMILES string of the molecule is O=S(=O)(CCc1ccccc1)NC[C@@H](c1ccc2c(c1)OCO2)N1CCOCC1. The van der Waals surface area contributed by atoms with Gasteiger partial charge in [-0.05, 0) is 29.7 Å². The monoisotopic (exact) mass is 418 g/mol.